The summed E-state index contributed by atoms with van der Waals surface area (Å²) in [7, 11) is 0. The standard InChI is InChI=1S/C17H26O5/c1-9(2)21-17-16(19)14-7-11(4)10(3)6-13(14)15(22-17)8-20-12(5)18/h9,13-15,17H,6-8H2,1-5H3/t13-,14+,15+,17-/m0/s1. The molecule has 0 aromatic rings. The number of ketones is 1. The summed E-state index contributed by atoms with van der Waals surface area (Å²) in [5.41, 5.74) is 2.57. The van der Waals surface area contributed by atoms with E-state index < -0.39 is 6.29 Å². The van der Waals surface area contributed by atoms with Gasteiger partial charge in [0.2, 0.25) is 6.29 Å². The number of carbonyl (C=O) groups is 2. The van der Waals surface area contributed by atoms with E-state index in [1.807, 2.05) is 13.8 Å². The van der Waals surface area contributed by atoms with Gasteiger partial charge in [0.15, 0.2) is 5.78 Å². The summed E-state index contributed by atoms with van der Waals surface area (Å²) in [4.78, 5) is 23.8. The van der Waals surface area contributed by atoms with Crippen molar-refractivity contribution in [2.75, 3.05) is 6.61 Å². The van der Waals surface area contributed by atoms with Crippen molar-refractivity contribution in [1.82, 2.24) is 0 Å². The van der Waals surface area contributed by atoms with E-state index in [0.29, 0.717) is 0 Å². The van der Waals surface area contributed by atoms with Crippen molar-refractivity contribution in [2.24, 2.45) is 11.8 Å². The Morgan fingerprint density at radius 2 is 1.91 bits per heavy atom. The molecule has 2 aliphatic rings. The molecule has 0 aromatic carbocycles. The molecule has 1 heterocycles. The smallest absolute Gasteiger partial charge is 0.302 e. The topological polar surface area (TPSA) is 61.8 Å². The number of Topliss-reactive ketones (excluding diaryl/α,β-unsaturated/α-hetero) is 1. The minimum absolute atomic E-state index is 0.0182. The van der Waals surface area contributed by atoms with Crippen molar-refractivity contribution in [3.05, 3.63) is 11.1 Å². The Kier molecular flexibility index (Phi) is 5.40. The first kappa shape index (κ1) is 17.2. The van der Waals surface area contributed by atoms with Crippen LogP contribution in [0.3, 0.4) is 0 Å². The summed E-state index contributed by atoms with van der Waals surface area (Å²) in [6.07, 6.45) is 0.309. The van der Waals surface area contributed by atoms with Gasteiger partial charge in [-0.25, -0.2) is 0 Å². The molecule has 0 unspecified atom stereocenters. The molecule has 0 amide bonds. The molecule has 1 fully saturated rings. The van der Waals surface area contributed by atoms with Crippen molar-refractivity contribution in [2.45, 2.75) is 66.0 Å². The predicted octanol–water partition coefficient (Wildman–Crippen LogP) is 2.63. The summed E-state index contributed by atoms with van der Waals surface area (Å²) in [5.74, 6) is -0.369. The van der Waals surface area contributed by atoms with E-state index in [4.69, 9.17) is 14.2 Å². The average Bonchev–Trinajstić information content (AvgIpc) is 2.42. The highest BCUT2D eigenvalue weighted by molar-refractivity contribution is 5.86. The van der Waals surface area contributed by atoms with Crippen LogP contribution in [0.2, 0.25) is 0 Å². The molecule has 22 heavy (non-hydrogen) atoms. The molecular weight excluding hydrogens is 284 g/mol. The molecule has 2 rings (SSSR count). The van der Waals surface area contributed by atoms with Crippen LogP contribution in [0.4, 0.5) is 0 Å². The summed E-state index contributed by atoms with van der Waals surface area (Å²) < 4.78 is 16.6. The zero-order valence-corrected chi connectivity index (χ0v) is 14.0. The predicted molar refractivity (Wildman–Crippen MR) is 81.1 cm³/mol. The summed E-state index contributed by atoms with van der Waals surface area (Å²) >= 11 is 0. The highest BCUT2D eigenvalue weighted by atomic mass is 16.7. The van der Waals surface area contributed by atoms with Crippen molar-refractivity contribution in [1.29, 1.82) is 0 Å². The fourth-order valence-electron chi connectivity index (χ4n) is 3.24. The van der Waals surface area contributed by atoms with Crippen molar-refractivity contribution in [3.63, 3.8) is 0 Å². The van der Waals surface area contributed by atoms with Crippen LogP contribution in [0.1, 0.15) is 47.5 Å². The Balaban J connectivity index is 2.20. The van der Waals surface area contributed by atoms with E-state index in [1.54, 1.807) is 0 Å². The molecule has 0 N–H and O–H groups in total. The van der Waals surface area contributed by atoms with E-state index in [-0.39, 0.29) is 42.4 Å². The number of carbonyl (C=O) groups excluding carboxylic acids is 2. The second kappa shape index (κ2) is 6.92. The number of fused-ring (bicyclic) bond motifs is 1. The van der Waals surface area contributed by atoms with Gasteiger partial charge in [0.25, 0.3) is 0 Å². The van der Waals surface area contributed by atoms with E-state index in [1.165, 1.54) is 18.1 Å². The van der Waals surface area contributed by atoms with Gasteiger partial charge in [-0.1, -0.05) is 11.1 Å². The molecule has 1 aliphatic heterocycles. The van der Waals surface area contributed by atoms with E-state index >= 15 is 0 Å². The Hall–Kier alpha value is -1.20. The van der Waals surface area contributed by atoms with E-state index in [9.17, 15) is 9.59 Å². The molecule has 1 aliphatic carbocycles. The van der Waals surface area contributed by atoms with E-state index in [0.717, 1.165) is 12.8 Å². The largest absolute Gasteiger partial charge is 0.463 e. The Labute approximate surface area is 132 Å². The lowest BCUT2D eigenvalue weighted by molar-refractivity contribution is -0.232. The van der Waals surface area contributed by atoms with E-state index in [2.05, 4.69) is 13.8 Å². The van der Waals surface area contributed by atoms with Crippen LogP contribution < -0.4 is 0 Å². The van der Waals surface area contributed by atoms with Gasteiger partial charge < -0.3 is 14.2 Å². The lowest BCUT2D eigenvalue weighted by atomic mass is 9.70. The maximum Gasteiger partial charge on any atom is 0.302 e. The first-order chi connectivity index (χ1) is 10.3. The minimum Gasteiger partial charge on any atom is -0.463 e. The molecule has 0 aromatic heterocycles. The molecule has 0 saturated carbocycles. The molecular formula is C17H26O5. The summed E-state index contributed by atoms with van der Waals surface area (Å²) in [6, 6.07) is 0. The van der Waals surface area contributed by atoms with Gasteiger partial charge in [-0.15, -0.1) is 0 Å². The first-order valence-corrected chi connectivity index (χ1v) is 7.92. The van der Waals surface area contributed by atoms with Crippen LogP contribution >= 0.6 is 0 Å². The lowest BCUT2D eigenvalue weighted by Gasteiger charge is -2.43. The molecule has 5 heteroatoms. The van der Waals surface area contributed by atoms with Gasteiger partial charge in [-0.3, -0.25) is 9.59 Å². The third-order valence-electron chi connectivity index (χ3n) is 4.53. The van der Waals surface area contributed by atoms with Crippen LogP contribution in [0.15, 0.2) is 11.1 Å². The number of esters is 1. The Morgan fingerprint density at radius 3 is 2.50 bits per heavy atom. The summed E-state index contributed by atoms with van der Waals surface area (Å²) in [5, 5.41) is 0. The highest BCUT2D eigenvalue weighted by Crippen LogP contribution is 2.41. The van der Waals surface area contributed by atoms with Gasteiger partial charge in [0, 0.05) is 18.8 Å². The second-order valence-electron chi connectivity index (χ2n) is 6.64. The molecule has 0 bridgehead atoms. The quantitative estimate of drug-likeness (QED) is 0.590. The monoisotopic (exact) mass is 310 g/mol. The van der Waals surface area contributed by atoms with Crippen molar-refractivity contribution >= 4 is 11.8 Å². The Bertz CT molecular complexity index is 479. The lowest BCUT2D eigenvalue weighted by Crippen LogP contribution is -2.52. The van der Waals surface area contributed by atoms with Crippen LogP contribution in [-0.4, -0.2) is 36.9 Å². The van der Waals surface area contributed by atoms with Crippen LogP contribution in [0.5, 0.6) is 0 Å². The molecule has 5 nitrogen and oxygen atoms in total. The Morgan fingerprint density at radius 1 is 1.27 bits per heavy atom. The van der Waals surface area contributed by atoms with Crippen molar-refractivity contribution < 1.29 is 23.8 Å². The molecule has 0 spiro atoms. The summed E-state index contributed by atoms with van der Waals surface area (Å²) in [6.45, 7) is 9.47. The van der Waals surface area contributed by atoms with Crippen LogP contribution in [0, 0.1) is 11.8 Å². The molecule has 124 valence electrons. The number of rotatable bonds is 4. The fourth-order valence-corrected chi connectivity index (χ4v) is 3.24. The van der Waals surface area contributed by atoms with Gasteiger partial charge in [-0.05, 0) is 40.5 Å². The van der Waals surface area contributed by atoms with Crippen LogP contribution in [0.25, 0.3) is 0 Å². The zero-order chi connectivity index (χ0) is 16.4. The number of allylic oxidation sites excluding steroid dienone is 2. The SMILES string of the molecule is CC(=O)OC[C@H]1O[C@H](OC(C)C)C(=O)[C@@H]2CC(C)=C(C)C[C@H]12. The third-order valence-corrected chi connectivity index (χ3v) is 4.53. The highest BCUT2D eigenvalue weighted by Gasteiger charge is 2.47. The van der Waals surface area contributed by atoms with Gasteiger partial charge in [-0.2, -0.15) is 0 Å². The number of hydrogen-bond acceptors (Lipinski definition) is 5. The number of ether oxygens (including phenoxy) is 3. The van der Waals surface area contributed by atoms with Crippen molar-refractivity contribution in [3.8, 4) is 0 Å². The average molecular weight is 310 g/mol. The zero-order valence-electron chi connectivity index (χ0n) is 14.0. The number of hydrogen-bond donors (Lipinski definition) is 0. The minimum atomic E-state index is -0.854. The molecule has 1 saturated heterocycles. The first-order valence-electron chi connectivity index (χ1n) is 7.92. The fraction of sp³-hybridized carbons (Fsp3) is 0.765. The normalized spacial score (nSPS) is 32.2. The second-order valence-corrected chi connectivity index (χ2v) is 6.64. The maximum absolute atomic E-state index is 12.7. The third kappa shape index (κ3) is 3.76. The molecule has 4 atom stereocenters. The maximum atomic E-state index is 12.7. The van der Waals surface area contributed by atoms with Crippen LogP contribution in [-0.2, 0) is 23.8 Å². The van der Waals surface area contributed by atoms with Gasteiger partial charge in [0.05, 0.1) is 12.2 Å². The van der Waals surface area contributed by atoms with Gasteiger partial charge in [0.1, 0.15) is 6.61 Å². The van der Waals surface area contributed by atoms with Gasteiger partial charge >= 0.3 is 5.97 Å². The molecule has 0 radical (unpaired) electrons.